The first-order valence-electron chi connectivity index (χ1n) is 2.52. The second-order valence-electron chi connectivity index (χ2n) is 1.75. The fourth-order valence-corrected chi connectivity index (χ4v) is 1.58. The standard InChI is InChI=1S/C5H4Br2ClNO/c1-2-3(8)4(5(6)7)10-9-2/h5H,1H3. The third-order valence-corrected chi connectivity index (χ3v) is 2.30. The molecule has 0 bridgehead atoms. The third kappa shape index (κ3) is 1.54. The van der Waals surface area contributed by atoms with Crippen LogP contribution < -0.4 is 0 Å². The molecule has 0 unspecified atom stereocenters. The summed E-state index contributed by atoms with van der Waals surface area (Å²) in [5.41, 5.74) is 0.709. The van der Waals surface area contributed by atoms with Crippen LogP contribution in [0.15, 0.2) is 4.52 Å². The molecule has 0 fully saturated rings. The highest BCUT2D eigenvalue weighted by Gasteiger charge is 2.15. The van der Waals surface area contributed by atoms with Gasteiger partial charge in [-0.3, -0.25) is 0 Å². The van der Waals surface area contributed by atoms with Crippen LogP contribution >= 0.6 is 43.5 Å². The number of rotatable bonds is 1. The number of alkyl halides is 2. The van der Waals surface area contributed by atoms with Gasteiger partial charge in [0.05, 0.1) is 5.69 Å². The maximum Gasteiger partial charge on any atom is 0.179 e. The monoisotopic (exact) mass is 287 g/mol. The molecule has 10 heavy (non-hydrogen) atoms. The van der Waals surface area contributed by atoms with Crippen LogP contribution in [0.3, 0.4) is 0 Å². The summed E-state index contributed by atoms with van der Waals surface area (Å²) in [5, 5.41) is 4.24. The molecule has 0 amide bonds. The lowest BCUT2D eigenvalue weighted by Gasteiger charge is -1.92. The smallest absolute Gasteiger partial charge is 0.179 e. The number of aromatic nitrogens is 1. The molecule has 56 valence electrons. The summed E-state index contributed by atoms with van der Waals surface area (Å²) in [6.45, 7) is 1.79. The van der Waals surface area contributed by atoms with Crippen molar-refractivity contribution < 1.29 is 4.52 Å². The van der Waals surface area contributed by atoms with E-state index in [1.165, 1.54) is 0 Å². The molecule has 1 heterocycles. The molecule has 0 radical (unpaired) electrons. The zero-order valence-electron chi connectivity index (χ0n) is 5.07. The van der Waals surface area contributed by atoms with Crippen molar-refractivity contribution in [3.63, 3.8) is 0 Å². The number of hydrogen-bond donors (Lipinski definition) is 0. The average Bonchev–Trinajstić information content (AvgIpc) is 2.14. The molecule has 0 aliphatic rings. The number of aryl methyl sites for hydroxylation is 1. The second kappa shape index (κ2) is 3.24. The highest BCUT2D eigenvalue weighted by atomic mass is 79.9. The van der Waals surface area contributed by atoms with Gasteiger partial charge in [-0.25, -0.2) is 0 Å². The lowest BCUT2D eigenvalue weighted by molar-refractivity contribution is 0.391. The van der Waals surface area contributed by atoms with Crippen LogP contribution in [0.25, 0.3) is 0 Å². The molecule has 2 nitrogen and oxygen atoms in total. The van der Waals surface area contributed by atoms with Gasteiger partial charge < -0.3 is 4.52 Å². The molecule has 0 N–H and O–H groups in total. The predicted octanol–water partition coefficient (Wildman–Crippen LogP) is 3.42. The van der Waals surface area contributed by atoms with Crippen molar-refractivity contribution in [2.45, 2.75) is 10.7 Å². The molecular formula is C5H4Br2ClNO. The van der Waals surface area contributed by atoms with Gasteiger partial charge in [0.2, 0.25) is 0 Å². The van der Waals surface area contributed by atoms with Gasteiger partial charge in [0.1, 0.15) is 8.76 Å². The summed E-state index contributed by atoms with van der Waals surface area (Å²) in [6, 6.07) is 0. The molecule has 0 saturated carbocycles. The molecule has 0 spiro atoms. The van der Waals surface area contributed by atoms with E-state index in [9.17, 15) is 0 Å². The van der Waals surface area contributed by atoms with Crippen LogP contribution in [0, 0.1) is 6.92 Å². The van der Waals surface area contributed by atoms with Gasteiger partial charge in [0, 0.05) is 0 Å². The van der Waals surface area contributed by atoms with Crippen molar-refractivity contribution in [1.82, 2.24) is 5.16 Å². The minimum Gasteiger partial charge on any atom is -0.357 e. The van der Waals surface area contributed by atoms with E-state index in [1.54, 1.807) is 6.92 Å². The molecule has 1 aromatic heterocycles. The molecule has 0 atom stereocenters. The molecule has 5 heteroatoms. The van der Waals surface area contributed by atoms with Gasteiger partial charge in [-0.05, 0) is 6.92 Å². The summed E-state index contributed by atoms with van der Waals surface area (Å²) in [6.07, 6.45) is 0. The molecular weight excluding hydrogens is 285 g/mol. The highest BCUT2D eigenvalue weighted by molar-refractivity contribution is 9.24. The van der Waals surface area contributed by atoms with E-state index in [2.05, 4.69) is 37.0 Å². The van der Waals surface area contributed by atoms with E-state index >= 15 is 0 Å². The Labute approximate surface area is 80.2 Å². The zero-order valence-corrected chi connectivity index (χ0v) is 8.99. The Morgan fingerprint density at radius 3 is 2.40 bits per heavy atom. The first-order chi connectivity index (χ1) is 4.63. The fraction of sp³-hybridized carbons (Fsp3) is 0.400. The third-order valence-electron chi connectivity index (χ3n) is 1.01. The van der Waals surface area contributed by atoms with E-state index in [0.717, 1.165) is 0 Å². The quantitative estimate of drug-likeness (QED) is 0.740. The van der Waals surface area contributed by atoms with Gasteiger partial charge in [-0.15, -0.1) is 0 Å². The molecule has 1 rings (SSSR count). The lowest BCUT2D eigenvalue weighted by atomic mass is 10.4. The highest BCUT2D eigenvalue weighted by Crippen LogP contribution is 2.35. The summed E-state index contributed by atoms with van der Waals surface area (Å²) < 4.78 is 4.82. The SMILES string of the molecule is Cc1noc(C(Br)Br)c1Cl. The van der Waals surface area contributed by atoms with Gasteiger partial charge in [0.25, 0.3) is 0 Å². The normalized spacial score (nSPS) is 10.9. The molecule has 0 saturated heterocycles. The van der Waals surface area contributed by atoms with E-state index in [0.29, 0.717) is 16.5 Å². The summed E-state index contributed by atoms with van der Waals surface area (Å²) in [5.74, 6) is 0.610. The van der Waals surface area contributed by atoms with Gasteiger partial charge in [0.15, 0.2) is 5.76 Å². The number of nitrogens with zero attached hydrogens (tertiary/aromatic N) is 1. The van der Waals surface area contributed by atoms with Crippen LogP contribution in [-0.2, 0) is 0 Å². The molecule has 0 aliphatic carbocycles. The Bertz CT molecular complexity index is 236. The Morgan fingerprint density at radius 1 is 1.60 bits per heavy atom. The summed E-state index contributed by atoms with van der Waals surface area (Å²) in [4.78, 5) is 0. The Balaban J connectivity index is 3.05. The molecule has 0 aliphatic heterocycles. The maximum atomic E-state index is 5.79. The van der Waals surface area contributed by atoms with Gasteiger partial charge in [-0.1, -0.05) is 48.6 Å². The van der Waals surface area contributed by atoms with Crippen molar-refractivity contribution >= 4 is 43.5 Å². The topological polar surface area (TPSA) is 26.0 Å². The molecule has 0 aromatic carbocycles. The van der Waals surface area contributed by atoms with Crippen LogP contribution in [-0.4, -0.2) is 5.16 Å². The predicted molar refractivity (Wildman–Crippen MR) is 46.8 cm³/mol. The number of halogens is 3. The molecule has 1 aromatic rings. The summed E-state index contributed by atoms with van der Waals surface area (Å²) >= 11 is 12.3. The lowest BCUT2D eigenvalue weighted by Crippen LogP contribution is -1.75. The maximum absolute atomic E-state index is 5.79. The van der Waals surface area contributed by atoms with Crippen molar-refractivity contribution in [3.8, 4) is 0 Å². The summed E-state index contributed by atoms with van der Waals surface area (Å²) in [7, 11) is 0. The number of hydrogen-bond acceptors (Lipinski definition) is 2. The Hall–Kier alpha value is 0.460. The minimum atomic E-state index is -0.0614. The van der Waals surface area contributed by atoms with Gasteiger partial charge in [-0.2, -0.15) is 0 Å². The minimum absolute atomic E-state index is 0.0614. The van der Waals surface area contributed by atoms with Crippen LogP contribution in [0.1, 0.15) is 15.2 Å². The van der Waals surface area contributed by atoms with Gasteiger partial charge >= 0.3 is 0 Å². The van der Waals surface area contributed by atoms with Crippen molar-refractivity contribution in [2.24, 2.45) is 0 Å². The largest absolute Gasteiger partial charge is 0.357 e. The Kier molecular flexibility index (Phi) is 2.77. The average molecular weight is 289 g/mol. The van der Waals surface area contributed by atoms with Crippen LogP contribution in [0.2, 0.25) is 5.02 Å². The van der Waals surface area contributed by atoms with Crippen molar-refractivity contribution in [3.05, 3.63) is 16.5 Å². The fourth-order valence-electron chi connectivity index (χ4n) is 0.512. The first kappa shape index (κ1) is 8.56. The van der Waals surface area contributed by atoms with Crippen molar-refractivity contribution in [2.75, 3.05) is 0 Å². The zero-order chi connectivity index (χ0) is 7.72. The van der Waals surface area contributed by atoms with Crippen LogP contribution in [0.4, 0.5) is 0 Å². The van der Waals surface area contributed by atoms with Crippen LogP contribution in [0.5, 0.6) is 0 Å². The van der Waals surface area contributed by atoms with E-state index in [1.807, 2.05) is 0 Å². The van der Waals surface area contributed by atoms with Crippen molar-refractivity contribution in [1.29, 1.82) is 0 Å². The Morgan fingerprint density at radius 2 is 2.20 bits per heavy atom. The van der Waals surface area contributed by atoms with E-state index in [4.69, 9.17) is 16.1 Å². The second-order valence-corrected chi connectivity index (χ2v) is 5.18. The first-order valence-corrected chi connectivity index (χ1v) is 4.73. The van der Waals surface area contributed by atoms with E-state index in [-0.39, 0.29) is 3.74 Å². The van der Waals surface area contributed by atoms with E-state index < -0.39 is 0 Å².